The summed E-state index contributed by atoms with van der Waals surface area (Å²) in [6.45, 7) is 6.92. The molecule has 0 N–H and O–H groups in total. The van der Waals surface area contributed by atoms with Crippen molar-refractivity contribution in [3.63, 3.8) is 0 Å². The summed E-state index contributed by atoms with van der Waals surface area (Å²) >= 11 is 12.2. The van der Waals surface area contributed by atoms with Crippen molar-refractivity contribution in [1.29, 1.82) is 0 Å². The highest BCUT2D eigenvalue weighted by atomic mass is 35.5. The lowest BCUT2D eigenvalue weighted by Crippen LogP contribution is -2.41. The third-order valence-electron chi connectivity index (χ3n) is 5.59. The molecule has 1 amide bonds. The summed E-state index contributed by atoms with van der Waals surface area (Å²) in [5.41, 5.74) is 3.93. The van der Waals surface area contributed by atoms with E-state index >= 15 is 0 Å². The van der Waals surface area contributed by atoms with Gasteiger partial charge in [-0.15, -0.1) is 0 Å². The van der Waals surface area contributed by atoms with E-state index in [2.05, 4.69) is 0 Å². The van der Waals surface area contributed by atoms with Crippen LogP contribution in [0.15, 0.2) is 54.7 Å². The Bertz CT molecular complexity index is 1120. The van der Waals surface area contributed by atoms with Crippen molar-refractivity contribution in [2.24, 2.45) is 0 Å². The Balaban J connectivity index is 1.60. The Morgan fingerprint density at radius 3 is 1.94 bits per heavy atom. The SMILES string of the molecule is CC(C)(C)OC(=O)N1CCC(c2cnc(-c3ccc(Cl)cc3)c(-c3ccc(Cl)cc3)n2)CC1. The van der Waals surface area contributed by atoms with Crippen LogP contribution in [0.3, 0.4) is 0 Å². The van der Waals surface area contributed by atoms with Crippen LogP contribution in [0.2, 0.25) is 10.0 Å². The van der Waals surface area contributed by atoms with Crippen LogP contribution in [-0.2, 0) is 4.74 Å². The number of carbonyl (C=O) groups is 1. The molecule has 33 heavy (non-hydrogen) atoms. The van der Waals surface area contributed by atoms with E-state index in [1.165, 1.54) is 0 Å². The molecule has 2 heterocycles. The zero-order valence-corrected chi connectivity index (χ0v) is 20.5. The van der Waals surface area contributed by atoms with E-state index in [1.807, 2.05) is 75.5 Å². The first kappa shape index (κ1) is 23.5. The van der Waals surface area contributed by atoms with Gasteiger partial charge in [-0.2, -0.15) is 0 Å². The number of amides is 1. The molecule has 1 aliphatic heterocycles. The van der Waals surface area contributed by atoms with Crippen LogP contribution in [0, 0.1) is 0 Å². The number of hydrogen-bond donors (Lipinski definition) is 0. The maximum atomic E-state index is 12.4. The third kappa shape index (κ3) is 5.84. The van der Waals surface area contributed by atoms with Crippen molar-refractivity contribution in [1.82, 2.24) is 14.9 Å². The molecule has 0 atom stereocenters. The van der Waals surface area contributed by atoms with Gasteiger partial charge in [0, 0.05) is 46.4 Å². The second kappa shape index (κ2) is 9.70. The summed E-state index contributed by atoms with van der Waals surface area (Å²) in [5.74, 6) is 0.224. The average molecular weight is 484 g/mol. The van der Waals surface area contributed by atoms with Gasteiger partial charge in [0.05, 0.1) is 17.1 Å². The van der Waals surface area contributed by atoms with Gasteiger partial charge in [0.15, 0.2) is 0 Å². The standard InChI is InChI=1S/C26H27Cl2N3O2/c1-26(2,3)33-25(32)31-14-12-17(13-15-31)22-16-29-23(18-4-8-20(27)9-5-18)24(30-22)19-6-10-21(28)11-7-19/h4-11,16-17H,12-15H2,1-3H3. The highest BCUT2D eigenvalue weighted by Gasteiger charge is 2.28. The van der Waals surface area contributed by atoms with E-state index < -0.39 is 5.60 Å². The summed E-state index contributed by atoms with van der Waals surface area (Å²) in [7, 11) is 0. The Morgan fingerprint density at radius 1 is 0.909 bits per heavy atom. The van der Waals surface area contributed by atoms with Crippen LogP contribution in [0.4, 0.5) is 4.79 Å². The van der Waals surface area contributed by atoms with E-state index in [0.717, 1.165) is 41.1 Å². The quantitative estimate of drug-likeness (QED) is 0.394. The van der Waals surface area contributed by atoms with E-state index in [1.54, 1.807) is 4.90 Å². The molecule has 0 radical (unpaired) electrons. The predicted molar refractivity (Wildman–Crippen MR) is 133 cm³/mol. The number of aromatic nitrogens is 2. The molecule has 0 unspecified atom stereocenters. The lowest BCUT2D eigenvalue weighted by atomic mass is 9.93. The van der Waals surface area contributed by atoms with E-state index in [-0.39, 0.29) is 12.0 Å². The Morgan fingerprint density at radius 2 is 1.42 bits per heavy atom. The summed E-state index contributed by atoms with van der Waals surface area (Å²) in [5, 5.41) is 1.35. The smallest absolute Gasteiger partial charge is 0.410 e. The average Bonchev–Trinajstić information content (AvgIpc) is 2.79. The van der Waals surface area contributed by atoms with E-state index in [4.69, 9.17) is 37.9 Å². The fourth-order valence-electron chi connectivity index (χ4n) is 3.91. The van der Waals surface area contributed by atoms with Gasteiger partial charge >= 0.3 is 6.09 Å². The van der Waals surface area contributed by atoms with E-state index in [9.17, 15) is 4.79 Å². The van der Waals surface area contributed by atoms with Crippen molar-refractivity contribution in [2.45, 2.75) is 45.1 Å². The molecule has 7 heteroatoms. The molecule has 1 fully saturated rings. The van der Waals surface area contributed by atoms with Crippen molar-refractivity contribution in [3.8, 4) is 22.5 Å². The minimum absolute atomic E-state index is 0.224. The van der Waals surface area contributed by atoms with Gasteiger partial charge < -0.3 is 9.64 Å². The number of ether oxygens (including phenoxy) is 1. The van der Waals surface area contributed by atoms with Gasteiger partial charge in [-0.1, -0.05) is 47.5 Å². The number of carbonyl (C=O) groups excluding carboxylic acids is 1. The van der Waals surface area contributed by atoms with Crippen LogP contribution in [0.5, 0.6) is 0 Å². The largest absolute Gasteiger partial charge is 0.444 e. The molecule has 0 spiro atoms. The van der Waals surface area contributed by atoms with Gasteiger partial charge in [0.25, 0.3) is 0 Å². The summed E-state index contributed by atoms with van der Waals surface area (Å²) in [6, 6.07) is 15.2. The van der Waals surface area contributed by atoms with Gasteiger partial charge in [-0.05, 0) is 57.9 Å². The monoisotopic (exact) mass is 483 g/mol. The zero-order valence-electron chi connectivity index (χ0n) is 19.0. The second-order valence-corrected chi connectivity index (χ2v) is 10.1. The molecule has 5 nitrogen and oxygen atoms in total. The van der Waals surface area contributed by atoms with Crippen molar-refractivity contribution in [2.75, 3.05) is 13.1 Å². The van der Waals surface area contributed by atoms with Crippen LogP contribution in [0.25, 0.3) is 22.5 Å². The number of nitrogens with zero attached hydrogens (tertiary/aromatic N) is 3. The molecule has 1 aliphatic rings. The normalized spacial score (nSPS) is 14.9. The Kier molecular flexibility index (Phi) is 6.91. The Labute approximate surface area is 204 Å². The molecule has 0 saturated carbocycles. The predicted octanol–water partition coefficient (Wildman–Crippen LogP) is 7.23. The molecule has 0 aliphatic carbocycles. The molecule has 2 aromatic carbocycles. The van der Waals surface area contributed by atoms with Crippen LogP contribution >= 0.6 is 23.2 Å². The van der Waals surface area contributed by atoms with Gasteiger partial charge in [0.2, 0.25) is 0 Å². The number of hydrogen-bond acceptors (Lipinski definition) is 4. The van der Waals surface area contributed by atoms with Crippen molar-refractivity contribution < 1.29 is 9.53 Å². The van der Waals surface area contributed by atoms with Gasteiger partial charge in [-0.3, -0.25) is 4.98 Å². The third-order valence-corrected chi connectivity index (χ3v) is 6.10. The fourth-order valence-corrected chi connectivity index (χ4v) is 4.16. The van der Waals surface area contributed by atoms with Crippen molar-refractivity contribution in [3.05, 3.63) is 70.5 Å². The van der Waals surface area contributed by atoms with Gasteiger partial charge in [0.1, 0.15) is 5.60 Å². The lowest BCUT2D eigenvalue weighted by molar-refractivity contribution is 0.0204. The fraction of sp³-hybridized carbons (Fsp3) is 0.346. The summed E-state index contributed by atoms with van der Waals surface area (Å²) in [4.78, 5) is 24.0. The number of piperidine rings is 1. The maximum Gasteiger partial charge on any atom is 0.410 e. The molecule has 1 aromatic heterocycles. The summed E-state index contributed by atoms with van der Waals surface area (Å²) in [6.07, 6.45) is 3.23. The molecule has 0 bridgehead atoms. The molecule has 3 aromatic rings. The number of likely N-dealkylation sites (tertiary alicyclic amines) is 1. The highest BCUT2D eigenvalue weighted by molar-refractivity contribution is 6.31. The van der Waals surface area contributed by atoms with Crippen LogP contribution in [0.1, 0.15) is 45.2 Å². The van der Waals surface area contributed by atoms with Crippen LogP contribution in [-0.4, -0.2) is 39.7 Å². The van der Waals surface area contributed by atoms with Crippen LogP contribution < -0.4 is 0 Å². The first-order valence-corrected chi connectivity index (χ1v) is 11.8. The Hall–Kier alpha value is -2.63. The topological polar surface area (TPSA) is 55.3 Å². The highest BCUT2D eigenvalue weighted by Crippen LogP contribution is 2.34. The van der Waals surface area contributed by atoms with E-state index in [0.29, 0.717) is 23.1 Å². The molecular formula is C26H27Cl2N3O2. The molecule has 1 saturated heterocycles. The lowest BCUT2D eigenvalue weighted by Gasteiger charge is -2.33. The molecule has 172 valence electrons. The maximum absolute atomic E-state index is 12.4. The summed E-state index contributed by atoms with van der Waals surface area (Å²) < 4.78 is 5.52. The number of halogens is 2. The minimum Gasteiger partial charge on any atom is -0.444 e. The number of rotatable bonds is 3. The van der Waals surface area contributed by atoms with Crippen molar-refractivity contribution >= 4 is 29.3 Å². The second-order valence-electron chi connectivity index (χ2n) is 9.25. The first-order chi connectivity index (χ1) is 15.7. The number of benzene rings is 2. The first-order valence-electron chi connectivity index (χ1n) is 11.1. The molecular weight excluding hydrogens is 457 g/mol. The minimum atomic E-state index is -0.496. The molecule has 4 rings (SSSR count). The zero-order chi connectivity index (χ0) is 23.6. The van der Waals surface area contributed by atoms with Gasteiger partial charge in [-0.25, -0.2) is 9.78 Å².